The van der Waals surface area contributed by atoms with Crippen LogP contribution in [0.2, 0.25) is 0 Å². The zero-order chi connectivity index (χ0) is 18.6. The molecule has 0 bridgehead atoms. The largest absolute Gasteiger partial charge is 0.339 e. The molecule has 0 amide bonds. The number of thiazole rings is 1. The molecule has 0 fully saturated rings. The number of rotatable bonds is 6. The van der Waals surface area contributed by atoms with E-state index in [2.05, 4.69) is 52.6 Å². The fourth-order valence-corrected chi connectivity index (χ4v) is 4.53. The molecule has 0 aliphatic heterocycles. The minimum atomic E-state index is 0.536. The van der Waals surface area contributed by atoms with Gasteiger partial charge in [-0.2, -0.15) is 4.98 Å². The summed E-state index contributed by atoms with van der Waals surface area (Å²) in [4.78, 5) is 13.2. The molecule has 0 saturated heterocycles. The van der Waals surface area contributed by atoms with E-state index < -0.39 is 0 Å². The summed E-state index contributed by atoms with van der Waals surface area (Å²) in [5, 5.41) is 6.08. The Morgan fingerprint density at radius 2 is 2.07 bits per heavy atom. The van der Waals surface area contributed by atoms with Gasteiger partial charge in [0.05, 0.1) is 12.1 Å². The number of aryl methyl sites for hydroxylation is 2. The van der Waals surface area contributed by atoms with Crippen molar-refractivity contribution >= 4 is 23.1 Å². The van der Waals surface area contributed by atoms with Gasteiger partial charge in [0.1, 0.15) is 4.34 Å². The van der Waals surface area contributed by atoms with Crippen LogP contribution in [0.5, 0.6) is 0 Å². The van der Waals surface area contributed by atoms with Gasteiger partial charge in [-0.1, -0.05) is 40.7 Å². The molecule has 0 aliphatic rings. The molecule has 5 nitrogen and oxygen atoms in total. The van der Waals surface area contributed by atoms with Crippen LogP contribution in [0.3, 0.4) is 0 Å². The van der Waals surface area contributed by atoms with Gasteiger partial charge in [0.25, 0.3) is 0 Å². The van der Waals surface area contributed by atoms with Gasteiger partial charge in [-0.25, -0.2) is 4.98 Å². The molecule has 3 heterocycles. The lowest BCUT2D eigenvalue weighted by atomic mass is 10.1. The lowest BCUT2D eigenvalue weighted by molar-refractivity contribution is 0.385. The summed E-state index contributed by atoms with van der Waals surface area (Å²) < 4.78 is 6.41. The van der Waals surface area contributed by atoms with Gasteiger partial charge in [-0.3, -0.25) is 4.98 Å². The van der Waals surface area contributed by atoms with Gasteiger partial charge in [0.15, 0.2) is 0 Å². The van der Waals surface area contributed by atoms with Crippen molar-refractivity contribution in [3.05, 3.63) is 76.4 Å². The second-order valence-electron chi connectivity index (χ2n) is 6.25. The first kappa shape index (κ1) is 17.9. The molecule has 0 radical (unpaired) electrons. The topological polar surface area (TPSA) is 64.7 Å². The second-order valence-corrected chi connectivity index (χ2v) is 8.33. The molecule has 4 rings (SSSR count). The van der Waals surface area contributed by atoms with Gasteiger partial charge in [-0.05, 0) is 37.1 Å². The van der Waals surface area contributed by atoms with E-state index in [0.29, 0.717) is 18.1 Å². The molecule has 1 aromatic carbocycles. The van der Waals surface area contributed by atoms with E-state index in [4.69, 9.17) is 9.51 Å². The highest BCUT2D eigenvalue weighted by Crippen LogP contribution is 2.28. The first-order valence-corrected chi connectivity index (χ1v) is 10.4. The first-order valence-electron chi connectivity index (χ1n) is 8.54. The number of aromatic nitrogens is 4. The SMILES string of the molecule is Cc1ccc(C)c(CSc2nc(Cc3nc(-c4cccnc4)no3)cs2)c1. The lowest BCUT2D eigenvalue weighted by Gasteiger charge is -2.05. The third kappa shape index (κ3) is 4.43. The number of pyridine rings is 1. The summed E-state index contributed by atoms with van der Waals surface area (Å²) >= 11 is 3.42. The normalized spacial score (nSPS) is 11.0. The monoisotopic (exact) mass is 394 g/mol. The lowest BCUT2D eigenvalue weighted by Crippen LogP contribution is -1.90. The van der Waals surface area contributed by atoms with Crippen LogP contribution in [0.1, 0.15) is 28.3 Å². The van der Waals surface area contributed by atoms with E-state index in [0.717, 1.165) is 21.3 Å². The van der Waals surface area contributed by atoms with Gasteiger partial charge in [-0.15, -0.1) is 11.3 Å². The van der Waals surface area contributed by atoms with Crippen molar-refractivity contribution in [2.75, 3.05) is 0 Å². The summed E-state index contributed by atoms with van der Waals surface area (Å²) in [6.07, 6.45) is 3.98. The van der Waals surface area contributed by atoms with Crippen molar-refractivity contribution in [1.82, 2.24) is 20.1 Å². The van der Waals surface area contributed by atoms with Crippen LogP contribution in [0.25, 0.3) is 11.4 Å². The molecule has 3 aromatic heterocycles. The van der Waals surface area contributed by atoms with Gasteiger partial charge < -0.3 is 4.52 Å². The molecular formula is C20H18N4OS2. The molecule has 4 aromatic rings. The van der Waals surface area contributed by atoms with E-state index in [-0.39, 0.29) is 0 Å². The van der Waals surface area contributed by atoms with Gasteiger partial charge in [0, 0.05) is 29.1 Å². The molecule has 0 spiro atoms. The Morgan fingerprint density at radius 1 is 1.15 bits per heavy atom. The third-order valence-electron chi connectivity index (χ3n) is 4.11. The number of hydrogen-bond acceptors (Lipinski definition) is 7. The van der Waals surface area contributed by atoms with Crippen LogP contribution in [-0.4, -0.2) is 20.1 Å². The average Bonchev–Trinajstić information content (AvgIpc) is 3.33. The van der Waals surface area contributed by atoms with E-state index in [1.807, 2.05) is 12.1 Å². The van der Waals surface area contributed by atoms with Gasteiger partial charge >= 0.3 is 0 Å². The minimum Gasteiger partial charge on any atom is -0.339 e. The Kier molecular flexibility index (Phi) is 5.31. The molecular weight excluding hydrogens is 376 g/mol. The first-order chi connectivity index (χ1) is 13.2. The van der Waals surface area contributed by atoms with Crippen molar-refractivity contribution in [1.29, 1.82) is 0 Å². The highest BCUT2D eigenvalue weighted by atomic mass is 32.2. The smallest absolute Gasteiger partial charge is 0.233 e. The van der Waals surface area contributed by atoms with Crippen molar-refractivity contribution in [3.8, 4) is 11.4 Å². The van der Waals surface area contributed by atoms with E-state index in [1.165, 1.54) is 16.7 Å². The van der Waals surface area contributed by atoms with Crippen LogP contribution in [0.4, 0.5) is 0 Å². The summed E-state index contributed by atoms with van der Waals surface area (Å²) in [6, 6.07) is 10.3. The van der Waals surface area contributed by atoms with Crippen LogP contribution in [-0.2, 0) is 12.2 Å². The standard InChI is InChI=1S/C20H18N4OS2/c1-13-5-6-14(2)16(8-13)11-26-20-22-17(12-27-20)9-18-23-19(24-25-18)15-4-3-7-21-10-15/h3-8,10,12H,9,11H2,1-2H3. The van der Waals surface area contributed by atoms with Crippen molar-refractivity contribution in [2.45, 2.75) is 30.4 Å². The summed E-state index contributed by atoms with van der Waals surface area (Å²) in [5.41, 5.74) is 5.76. The summed E-state index contributed by atoms with van der Waals surface area (Å²) in [6.45, 7) is 4.28. The van der Waals surface area contributed by atoms with Crippen LogP contribution < -0.4 is 0 Å². The highest BCUT2D eigenvalue weighted by molar-refractivity contribution is 8.00. The average molecular weight is 395 g/mol. The zero-order valence-corrected chi connectivity index (χ0v) is 16.7. The Labute approximate surface area is 165 Å². The van der Waals surface area contributed by atoms with Crippen molar-refractivity contribution in [2.24, 2.45) is 0 Å². The molecule has 0 unspecified atom stereocenters. The highest BCUT2D eigenvalue weighted by Gasteiger charge is 2.12. The number of hydrogen-bond donors (Lipinski definition) is 0. The molecule has 0 saturated carbocycles. The predicted octanol–water partition coefficient (Wildman–Crippen LogP) is 5.09. The van der Waals surface area contributed by atoms with E-state index in [1.54, 1.807) is 35.5 Å². The summed E-state index contributed by atoms with van der Waals surface area (Å²) in [5.74, 6) is 2.04. The fourth-order valence-electron chi connectivity index (χ4n) is 2.63. The predicted molar refractivity (Wildman–Crippen MR) is 108 cm³/mol. The minimum absolute atomic E-state index is 0.536. The maximum atomic E-state index is 5.36. The van der Waals surface area contributed by atoms with Crippen LogP contribution in [0.15, 0.2) is 57.0 Å². The number of nitrogens with zero attached hydrogens (tertiary/aromatic N) is 4. The Hall–Kier alpha value is -2.51. The Balaban J connectivity index is 1.40. The zero-order valence-electron chi connectivity index (χ0n) is 15.0. The molecule has 0 aliphatic carbocycles. The number of benzene rings is 1. The van der Waals surface area contributed by atoms with Crippen LogP contribution in [0, 0.1) is 13.8 Å². The van der Waals surface area contributed by atoms with Crippen LogP contribution >= 0.6 is 23.1 Å². The van der Waals surface area contributed by atoms with Crippen molar-refractivity contribution < 1.29 is 4.52 Å². The van der Waals surface area contributed by atoms with Crippen molar-refractivity contribution in [3.63, 3.8) is 0 Å². The number of thioether (sulfide) groups is 1. The quantitative estimate of drug-likeness (QED) is 0.425. The maximum absolute atomic E-state index is 5.36. The second kappa shape index (κ2) is 8.02. The molecule has 7 heteroatoms. The molecule has 136 valence electrons. The molecule has 0 atom stereocenters. The molecule has 27 heavy (non-hydrogen) atoms. The fraction of sp³-hybridized carbons (Fsp3) is 0.200. The van der Waals surface area contributed by atoms with Gasteiger partial charge in [0.2, 0.25) is 11.7 Å². The van der Waals surface area contributed by atoms with E-state index >= 15 is 0 Å². The summed E-state index contributed by atoms with van der Waals surface area (Å²) in [7, 11) is 0. The third-order valence-corrected chi connectivity index (χ3v) is 6.23. The maximum Gasteiger partial charge on any atom is 0.233 e. The molecule has 0 N–H and O–H groups in total. The van der Waals surface area contributed by atoms with E-state index in [9.17, 15) is 0 Å². The Morgan fingerprint density at radius 3 is 2.93 bits per heavy atom. The Bertz CT molecular complexity index is 1040.